The highest BCUT2D eigenvalue weighted by atomic mass is 32.2. The second kappa shape index (κ2) is 7.91. The van der Waals surface area contributed by atoms with Crippen molar-refractivity contribution in [2.24, 2.45) is 4.99 Å². The molecule has 1 aliphatic rings. The van der Waals surface area contributed by atoms with Crippen LogP contribution in [0, 0.1) is 10.1 Å². The number of hydrogen-bond donors (Lipinski definition) is 1. The van der Waals surface area contributed by atoms with E-state index in [2.05, 4.69) is 10.3 Å². The Hall–Kier alpha value is -2.68. The van der Waals surface area contributed by atoms with Gasteiger partial charge in [0.25, 0.3) is 5.69 Å². The quantitative estimate of drug-likeness (QED) is 0.479. The van der Waals surface area contributed by atoms with Gasteiger partial charge in [-0.25, -0.2) is 4.79 Å². The zero-order chi connectivity index (χ0) is 20.4. The molecule has 1 aromatic carbocycles. The van der Waals surface area contributed by atoms with Gasteiger partial charge in [0.2, 0.25) is 5.91 Å². The SMILES string of the molecule is CC(=O)NC1N=C(C)C(C(=O)OC(C)(C)C)=C(c2cccc([N+](=O)[O-])c2)S1. The Morgan fingerprint density at radius 2 is 2.00 bits per heavy atom. The van der Waals surface area contributed by atoms with Crippen molar-refractivity contribution >= 4 is 39.9 Å². The van der Waals surface area contributed by atoms with Gasteiger partial charge in [-0.2, -0.15) is 0 Å². The molecule has 1 aromatic rings. The monoisotopic (exact) mass is 391 g/mol. The van der Waals surface area contributed by atoms with Crippen LogP contribution in [0.3, 0.4) is 0 Å². The number of carbonyl (C=O) groups excluding carboxylic acids is 2. The molecule has 1 heterocycles. The van der Waals surface area contributed by atoms with Crippen molar-refractivity contribution in [2.45, 2.75) is 45.7 Å². The zero-order valence-electron chi connectivity index (χ0n) is 15.7. The summed E-state index contributed by atoms with van der Waals surface area (Å²) in [6.45, 7) is 8.26. The van der Waals surface area contributed by atoms with Gasteiger partial charge in [-0.3, -0.25) is 19.9 Å². The molecule has 144 valence electrons. The normalized spacial score (nSPS) is 17.2. The second-order valence-electron chi connectivity index (χ2n) is 6.90. The number of rotatable bonds is 4. The number of hydrogen-bond acceptors (Lipinski definition) is 7. The molecule has 0 fully saturated rings. The third kappa shape index (κ3) is 5.40. The number of carbonyl (C=O) groups is 2. The molecule has 27 heavy (non-hydrogen) atoms. The van der Waals surface area contributed by atoms with Crippen LogP contribution in [0.5, 0.6) is 0 Å². The van der Waals surface area contributed by atoms with E-state index in [1.54, 1.807) is 39.8 Å². The van der Waals surface area contributed by atoms with Gasteiger partial charge in [-0.05, 0) is 33.3 Å². The molecule has 0 saturated carbocycles. The number of amides is 1. The van der Waals surface area contributed by atoms with Crippen LogP contribution in [-0.2, 0) is 14.3 Å². The number of esters is 1. The standard InChI is InChI=1S/C18H21N3O5S/c1-10-14(16(23)26-18(3,4)5)15(27-17(19-10)20-11(2)22)12-7-6-8-13(9-12)21(24)25/h6-9,17H,1-5H3,(H,20,22). The first kappa shape index (κ1) is 20.6. The van der Waals surface area contributed by atoms with Crippen LogP contribution in [0.4, 0.5) is 5.69 Å². The van der Waals surface area contributed by atoms with E-state index in [0.29, 0.717) is 16.2 Å². The molecule has 0 spiro atoms. The van der Waals surface area contributed by atoms with Gasteiger partial charge in [0, 0.05) is 24.0 Å². The lowest BCUT2D eigenvalue weighted by molar-refractivity contribution is -0.384. The van der Waals surface area contributed by atoms with Gasteiger partial charge in [-0.1, -0.05) is 23.9 Å². The van der Waals surface area contributed by atoms with E-state index in [9.17, 15) is 19.7 Å². The smallest absolute Gasteiger partial charge is 0.341 e. The highest BCUT2D eigenvalue weighted by Crippen LogP contribution is 2.39. The summed E-state index contributed by atoms with van der Waals surface area (Å²) in [5.41, 5.74) is -0.333. The lowest BCUT2D eigenvalue weighted by Gasteiger charge is -2.26. The molecule has 0 aromatic heterocycles. The predicted molar refractivity (Wildman–Crippen MR) is 104 cm³/mol. The Morgan fingerprint density at radius 3 is 2.56 bits per heavy atom. The number of nitrogens with zero attached hydrogens (tertiary/aromatic N) is 2. The molecule has 1 unspecified atom stereocenters. The van der Waals surface area contributed by atoms with Gasteiger partial charge in [0.05, 0.1) is 16.2 Å². The van der Waals surface area contributed by atoms with Crippen molar-refractivity contribution in [3.8, 4) is 0 Å². The summed E-state index contributed by atoms with van der Waals surface area (Å²) in [4.78, 5) is 39.6. The maximum atomic E-state index is 12.8. The van der Waals surface area contributed by atoms with Crippen molar-refractivity contribution in [1.82, 2.24) is 5.32 Å². The van der Waals surface area contributed by atoms with Gasteiger partial charge in [0.1, 0.15) is 5.60 Å². The Labute approximate surface area is 161 Å². The zero-order valence-corrected chi connectivity index (χ0v) is 16.5. The van der Waals surface area contributed by atoms with E-state index < -0.39 is 22.0 Å². The summed E-state index contributed by atoms with van der Waals surface area (Å²) >= 11 is 1.14. The fraction of sp³-hybridized carbons (Fsp3) is 0.389. The molecular formula is C18H21N3O5S. The van der Waals surface area contributed by atoms with Gasteiger partial charge < -0.3 is 10.1 Å². The van der Waals surface area contributed by atoms with Crippen molar-refractivity contribution in [3.63, 3.8) is 0 Å². The molecule has 0 radical (unpaired) electrons. The maximum Gasteiger partial charge on any atom is 0.341 e. The first-order chi connectivity index (χ1) is 12.5. The van der Waals surface area contributed by atoms with E-state index in [1.165, 1.54) is 19.1 Å². The summed E-state index contributed by atoms with van der Waals surface area (Å²) < 4.78 is 5.48. The Bertz CT molecular complexity index is 855. The summed E-state index contributed by atoms with van der Waals surface area (Å²) in [6.07, 6.45) is 0. The van der Waals surface area contributed by atoms with Crippen LogP contribution in [-0.4, -0.2) is 33.6 Å². The van der Waals surface area contributed by atoms with E-state index in [1.807, 2.05) is 0 Å². The third-order valence-corrected chi connectivity index (χ3v) is 4.50. The highest BCUT2D eigenvalue weighted by molar-refractivity contribution is 8.09. The molecule has 0 saturated heterocycles. The number of benzene rings is 1. The molecule has 1 atom stereocenters. The lowest BCUT2D eigenvalue weighted by atomic mass is 10.1. The molecule has 0 aliphatic carbocycles. The minimum atomic E-state index is -0.711. The predicted octanol–water partition coefficient (Wildman–Crippen LogP) is 3.28. The number of nitro groups is 1. The van der Waals surface area contributed by atoms with Crippen LogP contribution in [0.25, 0.3) is 4.91 Å². The number of nitrogens with one attached hydrogen (secondary N) is 1. The highest BCUT2D eigenvalue weighted by Gasteiger charge is 2.31. The lowest BCUT2D eigenvalue weighted by Crippen LogP contribution is -2.34. The van der Waals surface area contributed by atoms with Crippen LogP contribution < -0.4 is 5.32 Å². The van der Waals surface area contributed by atoms with Crippen molar-refractivity contribution in [2.75, 3.05) is 0 Å². The van der Waals surface area contributed by atoms with Crippen LogP contribution in [0.2, 0.25) is 0 Å². The Balaban J connectivity index is 2.57. The summed E-state index contributed by atoms with van der Waals surface area (Å²) in [7, 11) is 0. The Morgan fingerprint density at radius 1 is 1.33 bits per heavy atom. The number of ether oxygens (including phenoxy) is 1. The topological polar surface area (TPSA) is 111 Å². The fourth-order valence-electron chi connectivity index (χ4n) is 2.38. The minimum absolute atomic E-state index is 0.0969. The Kier molecular flexibility index (Phi) is 6.04. The van der Waals surface area contributed by atoms with Crippen molar-refractivity contribution in [1.29, 1.82) is 0 Å². The summed E-state index contributed by atoms with van der Waals surface area (Å²) in [5.74, 6) is -0.845. The van der Waals surface area contributed by atoms with Gasteiger partial charge in [0.15, 0.2) is 5.50 Å². The van der Waals surface area contributed by atoms with Gasteiger partial charge in [-0.15, -0.1) is 0 Å². The second-order valence-corrected chi connectivity index (χ2v) is 7.99. The number of thioether (sulfide) groups is 1. The van der Waals surface area contributed by atoms with Crippen LogP contribution >= 0.6 is 11.8 Å². The third-order valence-electron chi connectivity index (χ3n) is 3.38. The van der Waals surface area contributed by atoms with Crippen LogP contribution in [0.1, 0.15) is 40.2 Å². The molecule has 0 bridgehead atoms. The molecule has 9 heteroatoms. The van der Waals surface area contributed by atoms with E-state index in [0.717, 1.165) is 11.8 Å². The molecule has 8 nitrogen and oxygen atoms in total. The molecule has 1 amide bonds. The largest absolute Gasteiger partial charge is 0.456 e. The summed E-state index contributed by atoms with van der Waals surface area (Å²) in [5, 5.41) is 13.8. The van der Waals surface area contributed by atoms with Crippen molar-refractivity contribution < 1.29 is 19.2 Å². The van der Waals surface area contributed by atoms with Gasteiger partial charge >= 0.3 is 5.97 Å². The van der Waals surface area contributed by atoms with E-state index >= 15 is 0 Å². The first-order valence-electron chi connectivity index (χ1n) is 8.19. The van der Waals surface area contributed by atoms with E-state index in [4.69, 9.17) is 4.74 Å². The molecule has 2 rings (SSSR count). The maximum absolute atomic E-state index is 12.8. The molecule has 1 N–H and O–H groups in total. The number of non-ortho nitro benzene ring substituents is 1. The summed E-state index contributed by atoms with van der Waals surface area (Å²) in [6, 6.07) is 5.97. The van der Waals surface area contributed by atoms with Crippen LogP contribution in [0.15, 0.2) is 34.8 Å². The fourth-order valence-corrected chi connectivity index (χ4v) is 3.65. The number of aliphatic imine (C=N–C) groups is 1. The van der Waals surface area contributed by atoms with E-state index in [-0.39, 0.29) is 17.2 Å². The molecule has 1 aliphatic heterocycles. The average molecular weight is 391 g/mol. The first-order valence-corrected chi connectivity index (χ1v) is 9.07. The number of nitro benzene ring substituents is 1. The van der Waals surface area contributed by atoms with Crippen molar-refractivity contribution in [3.05, 3.63) is 45.5 Å². The minimum Gasteiger partial charge on any atom is -0.456 e. The molecular weight excluding hydrogens is 370 g/mol. The average Bonchev–Trinajstić information content (AvgIpc) is 2.51.